The zero-order chi connectivity index (χ0) is 24.0. The molecular formula is C25H30ClN3O4. The van der Waals surface area contributed by atoms with Crippen LogP contribution in [0.3, 0.4) is 0 Å². The first-order chi connectivity index (χ1) is 15.8. The normalized spacial score (nSPS) is 16.9. The first-order valence-electron chi connectivity index (χ1n) is 11.1. The summed E-state index contributed by atoms with van der Waals surface area (Å²) < 4.78 is 5.49. The Kier molecular flexibility index (Phi) is 8.33. The van der Waals surface area contributed by atoms with E-state index in [1.165, 1.54) is 0 Å². The number of halogens is 1. The molecule has 0 saturated carbocycles. The Morgan fingerprint density at radius 2 is 1.73 bits per heavy atom. The highest BCUT2D eigenvalue weighted by atomic mass is 35.5. The highest BCUT2D eigenvalue weighted by molar-refractivity contribution is 6.30. The standard InChI is InChI=1S/C25H30ClN3O4/c1-17(2)23(27-22(30)16-33-21-11-9-20(26)10-12-21)25(32)28-13-14-29(18(3)15-28)24(31)19-7-5-4-6-8-19/h4-12,17-18,23H,13-16H2,1-3H3,(H,27,30). The Balaban J connectivity index is 1.56. The van der Waals surface area contributed by atoms with Gasteiger partial charge in [0.2, 0.25) is 5.91 Å². The lowest BCUT2D eigenvalue weighted by molar-refractivity contribution is -0.140. The van der Waals surface area contributed by atoms with Crippen molar-refractivity contribution in [1.82, 2.24) is 15.1 Å². The van der Waals surface area contributed by atoms with Gasteiger partial charge in [0, 0.05) is 36.3 Å². The van der Waals surface area contributed by atoms with Gasteiger partial charge in [-0.2, -0.15) is 0 Å². The van der Waals surface area contributed by atoms with Gasteiger partial charge in [0.15, 0.2) is 6.61 Å². The molecule has 2 unspecified atom stereocenters. The fraction of sp³-hybridized carbons (Fsp3) is 0.400. The van der Waals surface area contributed by atoms with Crippen LogP contribution in [-0.4, -0.2) is 65.8 Å². The van der Waals surface area contributed by atoms with E-state index in [9.17, 15) is 14.4 Å². The van der Waals surface area contributed by atoms with Crippen molar-refractivity contribution in [2.75, 3.05) is 26.2 Å². The Labute approximate surface area is 199 Å². The fourth-order valence-corrected chi connectivity index (χ4v) is 3.94. The summed E-state index contributed by atoms with van der Waals surface area (Å²) in [5.74, 6) is -0.138. The molecule has 1 saturated heterocycles. The number of hydrogen-bond donors (Lipinski definition) is 1. The zero-order valence-electron chi connectivity index (χ0n) is 19.2. The summed E-state index contributed by atoms with van der Waals surface area (Å²) in [5.41, 5.74) is 0.636. The lowest BCUT2D eigenvalue weighted by Gasteiger charge is -2.41. The number of amides is 3. The Bertz CT molecular complexity index is 965. The average Bonchev–Trinajstić information content (AvgIpc) is 2.81. The summed E-state index contributed by atoms with van der Waals surface area (Å²) in [5, 5.41) is 3.39. The minimum Gasteiger partial charge on any atom is -0.484 e. The van der Waals surface area contributed by atoms with Crippen LogP contribution in [0.15, 0.2) is 54.6 Å². The van der Waals surface area contributed by atoms with Crippen LogP contribution in [0.5, 0.6) is 5.75 Å². The number of benzene rings is 2. The third-order valence-corrected chi connectivity index (χ3v) is 5.91. The van der Waals surface area contributed by atoms with Gasteiger partial charge in [0.1, 0.15) is 11.8 Å². The number of rotatable bonds is 7. The molecule has 33 heavy (non-hydrogen) atoms. The SMILES string of the molecule is CC(C)C(NC(=O)COc1ccc(Cl)cc1)C(=O)N1CCN(C(=O)c2ccccc2)C(C)C1. The van der Waals surface area contributed by atoms with Gasteiger partial charge in [0.25, 0.3) is 11.8 Å². The highest BCUT2D eigenvalue weighted by Crippen LogP contribution is 2.17. The maximum atomic E-state index is 13.2. The molecule has 1 aliphatic heterocycles. The van der Waals surface area contributed by atoms with Gasteiger partial charge in [-0.05, 0) is 49.2 Å². The molecule has 1 aliphatic rings. The first-order valence-corrected chi connectivity index (χ1v) is 11.5. The van der Waals surface area contributed by atoms with Crippen LogP contribution >= 0.6 is 11.6 Å². The summed E-state index contributed by atoms with van der Waals surface area (Å²) in [6.07, 6.45) is 0. The molecule has 2 aromatic carbocycles. The average molecular weight is 472 g/mol. The van der Waals surface area contributed by atoms with Gasteiger partial charge in [-0.3, -0.25) is 14.4 Å². The zero-order valence-corrected chi connectivity index (χ0v) is 19.9. The maximum Gasteiger partial charge on any atom is 0.258 e. The lowest BCUT2D eigenvalue weighted by atomic mass is 10.0. The lowest BCUT2D eigenvalue weighted by Crippen LogP contribution is -2.60. The number of ether oxygens (including phenoxy) is 1. The molecule has 1 heterocycles. The van der Waals surface area contributed by atoms with Crippen LogP contribution < -0.4 is 10.1 Å². The van der Waals surface area contributed by atoms with Gasteiger partial charge in [-0.1, -0.05) is 43.6 Å². The number of carbonyl (C=O) groups is 3. The van der Waals surface area contributed by atoms with Gasteiger partial charge < -0.3 is 19.9 Å². The molecule has 1 fully saturated rings. The molecule has 0 radical (unpaired) electrons. The first kappa shape index (κ1) is 24.6. The molecule has 0 aliphatic carbocycles. The summed E-state index contributed by atoms with van der Waals surface area (Å²) >= 11 is 5.86. The quantitative estimate of drug-likeness (QED) is 0.672. The van der Waals surface area contributed by atoms with Crippen molar-refractivity contribution in [3.63, 3.8) is 0 Å². The molecule has 1 N–H and O–H groups in total. The Morgan fingerprint density at radius 1 is 1.06 bits per heavy atom. The molecule has 8 heteroatoms. The van der Waals surface area contributed by atoms with Crippen molar-refractivity contribution in [3.8, 4) is 5.75 Å². The molecule has 0 bridgehead atoms. The van der Waals surface area contributed by atoms with E-state index in [0.29, 0.717) is 36.0 Å². The topological polar surface area (TPSA) is 79.0 Å². The van der Waals surface area contributed by atoms with E-state index in [1.807, 2.05) is 39.0 Å². The number of piperazine rings is 1. The number of carbonyl (C=O) groups excluding carboxylic acids is 3. The van der Waals surface area contributed by atoms with Crippen LogP contribution in [0.25, 0.3) is 0 Å². The second-order valence-corrected chi connectivity index (χ2v) is 8.97. The van der Waals surface area contributed by atoms with Crippen LogP contribution in [0, 0.1) is 5.92 Å². The monoisotopic (exact) mass is 471 g/mol. The summed E-state index contributed by atoms with van der Waals surface area (Å²) in [6.45, 7) is 6.79. The van der Waals surface area contributed by atoms with Crippen molar-refractivity contribution in [3.05, 3.63) is 65.2 Å². The number of hydrogen-bond acceptors (Lipinski definition) is 4. The molecule has 0 aromatic heterocycles. The van der Waals surface area contributed by atoms with Gasteiger partial charge >= 0.3 is 0 Å². The number of nitrogens with one attached hydrogen (secondary N) is 1. The summed E-state index contributed by atoms with van der Waals surface area (Å²) in [7, 11) is 0. The van der Waals surface area contributed by atoms with E-state index >= 15 is 0 Å². The predicted molar refractivity (Wildman–Crippen MR) is 127 cm³/mol. The minimum atomic E-state index is -0.671. The van der Waals surface area contributed by atoms with E-state index in [4.69, 9.17) is 16.3 Å². The van der Waals surface area contributed by atoms with Crippen LogP contribution in [0.4, 0.5) is 0 Å². The second kappa shape index (κ2) is 11.2. The van der Waals surface area contributed by atoms with E-state index in [1.54, 1.807) is 46.2 Å². The van der Waals surface area contributed by atoms with Gasteiger partial charge in [-0.15, -0.1) is 0 Å². The van der Waals surface area contributed by atoms with Crippen molar-refractivity contribution in [2.24, 2.45) is 5.92 Å². The molecule has 2 aromatic rings. The molecule has 3 amide bonds. The Hall–Kier alpha value is -3.06. The van der Waals surface area contributed by atoms with E-state index in [0.717, 1.165) is 0 Å². The van der Waals surface area contributed by atoms with Crippen molar-refractivity contribution in [2.45, 2.75) is 32.9 Å². The van der Waals surface area contributed by atoms with Crippen molar-refractivity contribution in [1.29, 1.82) is 0 Å². The fourth-order valence-electron chi connectivity index (χ4n) is 3.81. The number of nitrogens with zero attached hydrogens (tertiary/aromatic N) is 2. The van der Waals surface area contributed by atoms with E-state index in [-0.39, 0.29) is 36.3 Å². The van der Waals surface area contributed by atoms with Gasteiger partial charge in [0.05, 0.1) is 0 Å². The largest absolute Gasteiger partial charge is 0.484 e. The predicted octanol–water partition coefficient (Wildman–Crippen LogP) is 3.23. The second-order valence-electron chi connectivity index (χ2n) is 8.53. The van der Waals surface area contributed by atoms with Crippen molar-refractivity contribution >= 4 is 29.3 Å². The third-order valence-electron chi connectivity index (χ3n) is 5.65. The van der Waals surface area contributed by atoms with Crippen LogP contribution in [0.1, 0.15) is 31.1 Å². The minimum absolute atomic E-state index is 0.0386. The maximum absolute atomic E-state index is 13.2. The Morgan fingerprint density at radius 3 is 2.33 bits per heavy atom. The van der Waals surface area contributed by atoms with Gasteiger partial charge in [-0.25, -0.2) is 0 Å². The van der Waals surface area contributed by atoms with Crippen molar-refractivity contribution < 1.29 is 19.1 Å². The summed E-state index contributed by atoms with van der Waals surface area (Å²) in [4.78, 5) is 42.0. The highest BCUT2D eigenvalue weighted by Gasteiger charge is 2.34. The van der Waals surface area contributed by atoms with Crippen LogP contribution in [-0.2, 0) is 9.59 Å². The van der Waals surface area contributed by atoms with Crippen LogP contribution in [0.2, 0.25) is 5.02 Å². The molecule has 0 spiro atoms. The molecule has 2 atom stereocenters. The smallest absolute Gasteiger partial charge is 0.258 e. The molecular weight excluding hydrogens is 442 g/mol. The molecule has 7 nitrogen and oxygen atoms in total. The molecule has 176 valence electrons. The third kappa shape index (κ3) is 6.48. The van der Waals surface area contributed by atoms with E-state index in [2.05, 4.69) is 5.32 Å². The van der Waals surface area contributed by atoms with E-state index < -0.39 is 6.04 Å². The molecule has 3 rings (SSSR count). The summed E-state index contributed by atoms with van der Waals surface area (Å²) in [6, 6.07) is 15.0.